The Morgan fingerprint density at radius 1 is 1.31 bits per heavy atom. The summed E-state index contributed by atoms with van der Waals surface area (Å²) in [5.74, 6) is -2.52. The first kappa shape index (κ1) is 9.47. The largest absolute Gasteiger partial charge is 0.507 e. The minimum Gasteiger partial charge on any atom is -0.507 e. The lowest BCUT2D eigenvalue weighted by Gasteiger charge is -1.95. The smallest absolute Gasteiger partial charge is 0.343 e. The highest BCUT2D eigenvalue weighted by Crippen LogP contribution is 2.25. The van der Waals surface area contributed by atoms with E-state index >= 15 is 0 Å². The number of carbonyl (C=O) groups is 1. The summed E-state index contributed by atoms with van der Waals surface area (Å²) >= 11 is 4.66. The molecular formula is C8H6O4S. The van der Waals surface area contributed by atoms with E-state index in [1.54, 1.807) is 0 Å². The van der Waals surface area contributed by atoms with Gasteiger partial charge in [0, 0.05) is 0 Å². The van der Waals surface area contributed by atoms with Crippen molar-refractivity contribution >= 4 is 18.2 Å². The van der Waals surface area contributed by atoms with Crippen molar-refractivity contribution in [2.75, 3.05) is 0 Å². The first-order valence-electron chi connectivity index (χ1n) is 3.32. The van der Waals surface area contributed by atoms with Crippen molar-refractivity contribution in [3.63, 3.8) is 0 Å². The maximum atomic E-state index is 10.6. The Balaban J connectivity index is 3.68. The van der Waals surface area contributed by atoms with E-state index in [0.717, 1.165) is 6.07 Å². The van der Waals surface area contributed by atoms with E-state index in [0.29, 0.717) is 0 Å². The Hall–Kier alpha value is -1.62. The standard InChI is InChI=1S/C8H6O4S/c9-4-2-1-3-5(13)7(10)6(4)8(11)12/h1-3,9H,(H,10,13)(H,11,12). The fourth-order valence-corrected chi connectivity index (χ4v) is 1.02. The van der Waals surface area contributed by atoms with Gasteiger partial charge in [-0.3, -0.25) is 0 Å². The Kier molecular flexibility index (Phi) is 2.48. The lowest BCUT2D eigenvalue weighted by Crippen LogP contribution is -1.95. The fourth-order valence-electron chi connectivity index (χ4n) is 0.844. The van der Waals surface area contributed by atoms with Crippen LogP contribution in [0.25, 0.3) is 0 Å². The van der Waals surface area contributed by atoms with Crippen molar-refractivity contribution < 1.29 is 20.1 Å². The van der Waals surface area contributed by atoms with E-state index in [-0.39, 0.29) is 4.51 Å². The molecule has 0 unspecified atom stereocenters. The van der Waals surface area contributed by atoms with Crippen molar-refractivity contribution in [1.29, 1.82) is 0 Å². The van der Waals surface area contributed by atoms with E-state index in [4.69, 9.17) is 10.2 Å². The van der Waals surface area contributed by atoms with Crippen LogP contribution in [0.3, 0.4) is 0 Å². The molecule has 0 spiro atoms. The molecule has 0 atom stereocenters. The lowest BCUT2D eigenvalue weighted by molar-refractivity contribution is 0.0690. The molecular weight excluding hydrogens is 192 g/mol. The van der Waals surface area contributed by atoms with Gasteiger partial charge in [0.1, 0.15) is 11.3 Å². The second-order valence-corrected chi connectivity index (χ2v) is 2.74. The van der Waals surface area contributed by atoms with E-state index in [9.17, 15) is 9.90 Å². The SMILES string of the molecule is O=C(O)c1c(O)cccc(=S)c1O. The van der Waals surface area contributed by atoms with Gasteiger partial charge in [-0.25, -0.2) is 4.79 Å². The molecule has 3 N–H and O–H groups in total. The van der Waals surface area contributed by atoms with Gasteiger partial charge in [-0.05, 0) is 12.1 Å². The number of aromatic carboxylic acids is 1. The molecule has 0 aromatic heterocycles. The molecule has 0 aliphatic rings. The average Bonchev–Trinajstić information content (AvgIpc) is 2.13. The summed E-state index contributed by atoms with van der Waals surface area (Å²) in [4.78, 5) is 10.6. The molecule has 5 heteroatoms. The summed E-state index contributed by atoms with van der Waals surface area (Å²) in [5.41, 5.74) is -0.574. The van der Waals surface area contributed by atoms with Crippen LogP contribution in [0.4, 0.5) is 0 Å². The normalized spacial score (nSPS) is 9.54. The summed E-state index contributed by atoms with van der Waals surface area (Å²) < 4.78 is -0.0160. The number of rotatable bonds is 1. The molecule has 0 fully saturated rings. The Morgan fingerprint density at radius 3 is 2.46 bits per heavy atom. The summed E-state index contributed by atoms with van der Waals surface area (Å²) in [6, 6.07) is 3.85. The molecule has 1 rings (SSSR count). The quantitative estimate of drug-likeness (QED) is 0.596. The molecule has 0 saturated carbocycles. The highest BCUT2D eigenvalue weighted by atomic mass is 32.1. The molecule has 4 nitrogen and oxygen atoms in total. The van der Waals surface area contributed by atoms with Crippen molar-refractivity contribution in [3.8, 4) is 11.5 Å². The molecule has 0 amide bonds. The summed E-state index contributed by atoms with van der Waals surface area (Å²) in [7, 11) is 0. The van der Waals surface area contributed by atoms with Crippen LogP contribution in [-0.2, 0) is 0 Å². The molecule has 1 aromatic rings. The van der Waals surface area contributed by atoms with Crippen molar-refractivity contribution in [2.24, 2.45) is 0 Å². The molecule has 68 valence electrons. The Labute approximate surface area is 78.7 Å². The third-order valence-electron chi connectivity index (χ3n) is 1.44. The number of carboxylic acids is 1. The van der Waals surface area contributed by atoms with Crippen LogP contribution in [0.1, 0.15) is 10.4 Å². The predicted molar refractivity (Wildman–Crippen MR) is 47.6 cm³/mol. The molecule has 0 aliphatic carbocycles. The number of carboxylic acid groups (broad SMARTS) is 1. The van der Waals surface area contributed by atoms with E-state index in [1.165, 1.54) is 12.1 Å². The number of aromatic hydroxyl groups is 2. The van der Waals surface area contributed by atoms with E-state index in [2.05, 4.69) is 12.2 Å². The molecule has 0 bridgehead atoms. The third-order valence-corrected chi connectivity index (χ3v) is 1.77. The number of hydrogen-bond donors (Lipinski definition) is 3. The zero-order chi connectivity index (χ0) is 10.0. The maximum absolute atomic E-state index is 10.6. The Morgan fingerprint density at radius 2 is 1.92 bits per heavy atom. The maximum Gasteiger partial charge on any atom is 0.343 e. The van der Waals surface area contributed by atoms with Crippen molar-refractivity contribution in [1.82, 2.24) is 0 Å². The molecule has 1 aromatic carbocycles. The minimum atomic E-state index is -1.42. The van der Waals surface area contributed by atoms with Gasteiger partial charge in [-0.2, -0.15) is 0 Å². The van der Waals surface area contributed by atoms with Gasteiger partial charge in [0.2, 0.25) is 0 Å². The summed E-state index contributed by atoms with van der Waals surface area (Å²) in [6.07, 6.45) is 0. The fraction of sp³-hybridized carbons (Fsp3) is 0. The van der Waals surface area contributed by atoms with Gasteiger partial charge >= 0.3 is 5.97 Å². The van der Waals surface area contributed by atoms with Gasteiger partial charge in [-0.15, -0.1) is 0 Å². The second kappa shape index (κ2) is 3.40. The average molecular weight is 198 g/mol. The number of hydrogen-bond acceptors (Lipinski definition) is 4. The van der Waals surface area contributed by atoms with Gasteiger partial charge in [-0.1, -0.05) is 18.3 Å². The first-order chi connectivity index (χ1) is 6.04. The molecule has 0 heterocycles. The topological polar surface area (TPSA) is 77.8 Å². The van der Waals surface area contributed by atoms with Gasteiger partial charge in [0.05, 0.1) is 4.51 Å². The highest BCUT2D eigenvalue weighted by Gasteiger charge is 2.14. The van der Waals surface area contributed by atoms with Crippen LogP contribution < -0.4 is 0 Å². The third kappa shape index (κ3) is 1.75. The van der Waals surface area contributed by atoms with Crippen molar-refractivity contribution in [2.45, 2.75) is 0 Å². The van der Waals surface area contributed by atoms with Crippen LogP contribution >= 0.6 is 12.2 Å². The van der Waals surface area contributed by atoms with Gasteiger partial charge in [0.15, 0.2) is 5.75 Å². The van der Waals surface area contributed by atoms with Crippen LogP contribution in [0.2, 0.25) is 0 Å². The first-order valence-corrected chi connectivity index (χ1v) is 3.73. The zero-order valence-electron chi connectivity index (χ0n) is 6.39. The van der Waals surface area contributed by atoms with Gasteiger partial charge in [0.25, 0.3) is 0 Å². The molecule has 13 heavy (non-hydrogen) atoms. The molecule has 0 radical (unpaired) electrons. The van der Waals surface area contributed by atoms with Crippen LogP contribution in [0.15, 0.2) is 18.2 Å². The highest BCUT2D eigenvalue weighted by molar-refractivity contribution is 7.71. The van der Waals surface area contributed by atoms with E-state index < -0.39 is 23.0 Å². The van der Waals surface area contributed by atoms with Crippen molar-refractivity contribution in [3.05, 3.63) is 28.3 Å². The van der Waals surface area contributed by atoms with Crippen LogP contribution in [0.5, 0.6) is 11.5 Å². The van der Waals surface area contributed by atoms with E-state index in [1.807, 2.05) is 0 Å². The molecule has 0 aliphatic heterocycles. The Bertz CT molecular complexity index is 413. The van der Waals surface area contributed by atoms with Crippen LogP contribution in [0, 0.1) is 4.51 Å². The minimum absolute atomic E-state index is 0.0160. The lowest BCUT2D eigenvalue weighted by atomic mass is 10.2. The second-order valence-electron chi connectivity index (χ2n) is 2.30. The van der Waals surface area contributed by atoms with Gasteiger partial charge < -0.3 is 15.3 Å². The van der Waals surface area contributed by atoms with Crippen LogP contribution in [-0.4, -0.2) is 21.3 Å². The predicted octanol–water partition coefficient (Wildman–Crippen LogP) is 1.53. The summed E-state index contributed by atoms with van der Waals surface area (Å²) in [5, 5.41) is 27.0. The summed E-state index contributed by atoms with van der Waals surface area (Å²) in [6.45, 7) is 0. The zero-order valence-corrected chi connectivity index (χ0v) is 7.21. The molecule has 0 saturated heterocycles. The monoisotopic (exact) mass is 198 g/mol.